The van der Waals surface area contributed by atoms with E-state index >= 15 is 0 Å². The van der Waals surface area contributed by atoms with E-state index in [0.29, 0.717) is 5.54 Å². The Morgan fingerprint density at radius 2 is 1.76 bits per heavy atom. The van der Waals surface area contributed by atoms with Crippen LogP contribution >= 0.6 is 0 Å². The first kappa shape index (κ1) is 13.1. The zero-order chi connectivity index (χ0) is 12.0. The van der Waals surface area contributed by atoms with Gasteiger partial charge in [0.2, 0.25) is 0 Å². The fourth-order valence-electron chi connectivity index (χ4n) is 3.59. The average Bonchev–Trinajstić information content (AvgIpc) is 2.58. The number of fused-ring (bicyclic) bond motifs is 1. The molecule has 0 spiro atoms. The van der Waals surface area contributed by atoms with Crippen molar-refractivity contribution in [1.29, 1.82) is 0 Å². The molecule has 0 radical (unpaired) electrons. The van der Waals surface area contributed by atoms with Crippen molar-refractivity contribution < 1.29 is 4.90 Å². The SMILES string of the molecule is C1CCCNCC1.C=CCC12CCC[NH+]1CC2. The highest BCUT2D eigenvalue weighted by Crippen LogP contribution is 2.27. The van der Waals surface area contributed by atoms with E-state index in [9.17, 15) is 0 Å². The average molecular weight is 237 g/mol. The van der Waals surface area contributed by atoms with Gasteiger partial charge in [0.15, 0.2) is 0 Å². The minimum atomic E-state index is 0.682. The van der Waals surface area contributed by atoms with E-state index in [-0.39, 0.29) is 0 Å². The smallest absolute Gasteiger partial charge is 0.107 e. The summed E-state index contributed by atoms with van der Waals surface area (Å²) in [4.78, 5) is 1.85. The van der Waals surface area contributed by atoms with Crippen LogP contribution in [0.15, 0.2) is 12.7 Å². The van der Waals surface area contributed by atoms with E-state index < -0.39 is 0 Å². The minimum absolute atomic E-state index is 0.682. The summed E-state index contributed by atoms with van der Waals surface area (Å²) in [5, 5.41) is 3.35. The van der Waals surface area contributed by atoms with Gasteiger partial charge in [-0.05, 0) is 25.9 Å². The summed E-state index contributed by atoms with van der Waals surface area (Å²) in [6.07, 6.45) is 13.4. The standard InChI is InChI=1S/C9H15N.C6H13N/c1-2-4-9-5-3-7-10(9)8-6-9;1-2-4-6-7-5-3-1/h2H,1,3-8H2;7H,1-6H2/p+1. The van der Waals surface area contributed by atoms with E-state index in [1.165, 1.54) is 77.5 Å². The number of rotatable bonds is 2. The van der Waals surface area contributed by atoms with Crippen molar-refractivity contribution in [3.05, 3.63) is 12.7 Å². The number of nitrogens with one attached hydrogen (secondary N) is 2. The molecule has 0 bridgehead atoms. The predicted molar refractivity (Wildman–Crippen MR) is 73.4 cm³/mol. The first-order chi connectivity index (χ1) is 8.37. The lowest BCUT2D eigenvalue weighted by atomic mass is 9.82. The molecule has 0 aromatic carbocycles. The van der Waals surface area contributed by atoms with Crippen LogP contribution in [0.1, 0.15) is 51.4 Å². The van der Waals surface area contributed by atoms with Crippen LogP contribution in [0.3, 0.4) is 0 Å². The van der Waals surface area contributed by atoms with Gasteiger partial charge in [-0.3, -0.25) is 0 Å². The maximum Gasteiger partial charge on any atom is 0.107 e. The number of quaternary nitrogens is 1. The molecule has 3 aliphatic rings. The third-order valence-electron chi connectivity index (χ3n) is 4.78. The monoisotopic (exact) mass is 237 g/mol. The fraction of sp³-hybridized carbons (Fsp3) is 0.867. The quantitative estimate of drug-likeness (QED) is 0.696. The summed E-state index contributed by atoms with van der Waals surface area (Å²) in [6.45, 7) is 9.17. The van der Waals surface area contributed by atoms with Gasteiger partial charge in [0.1, 0.15) is 5.54 Å². The Labute approximate surface area is 106 Å². The lowest BCUT2D eigenvalue weighted by Crippen LogP contribution is -3.24. The molecule has 0 saturated carbocycles. The molecule has 0 aliphatic carbocycles. The topological polar surface area (TPSA) is 16.5 Å². The summed E-state index contributed by atoms with van der Waals surface area (Å²) in [5.41, 5.74) is 0.682. The van der Waals surface area contributed by atoms with Gasteiger partial charge >= 0.3 is 0 Å². The summed E-state index contributed by atoms with van der Waals surface area (Å²) in [6, 6.07) is 0. The molecule has 2 unspecified atom stereocenters. The predicted octanol–water partition coefficient (Wildman–Crippen LogP) is 1.53. The molecule has 0 aromatic rings. The summed E-state index contributed by atoms with van der Waals surface area (Å²) in [5.74, 6) is 0. The Hall–Kier alpha value is -0.340. The fourth-order valence-corrected chi connectivity index (χ4v) is 3.59. The van der Waals surface area contributed by atoms with Crippen LogP contribution in [0.2, 0.25) is 0 Å². The third kappa shape index (κ3) is 3.32. The highest BCUT2D eigenvalue weighted by Gasteiger charge is 2.51. The van der Waals surface area contributed by atoms with Crippen molar-refractivity contribution in [2.45, 2.75) is 56.9 Å². The molecular weight excluding hydrogens is 208 g/mol. The van der Waals surface area contributed by atoms with Crippen LogP contribution in [0.4, 0.5) is 0 Å². The Morgan fingerprint density at radius 1 is 1.00 bits per heavy atom. The Morgan fingerprint density at radius 3 is 2.29 bits per heavy atom. The van der Waals surface area contributed by atoms with Gasteiger partial charge in [-0.15, -0.1) is 6.58 Å². The van der Waals surface area contributed by atoms with Gasteiger partial charge in [-0.2, -0.15) is 0 Å². The molecule has 2 N–H and O–H groups in total. The molecule has 3 aliphatic heterocycles. The first-order valence-corrected chi connectivity index (χ1v) is 7.54. The van der Waals surface area contributed by atoms with Crippen LogP contribution in [0.25, 0.3) is 0 Å². The molecule has 98 valence electrons. The molecule has 3 rings (SSSR count). The molecule has 3 fully saturated rings. The van der Waals surface area contributed by atoms with Gasteiger partial charge in [-0.1, -0.05) is 18.9 Å². The normalized spacial score (nSPS) is 35.9. The molecule has 2 atom stereocenters. The van der Waals surface area contributed by atoms with Crippen molar-refractivity contribution in [3.8, 4) is 0 Å². The van der Waals surface area contributed by atoms with Crippen LogP contribution < -0.4 is 10.2 Å². The van der Waals surface area contributed by atoms with Crippen molar-refractivity contribution in [2.75, 3.05) is 26.2 Å². The van der Waals surface area contributed by atoms with E-state index in [4.69, 9.17) is 0 Å². The van der Waals surface area contributed by atoms with E-state index in [0.717, 1.165) is 0 Å². The van der Waals surface area contributed by atoms with Gasteiger partial charge in [-0.25, -0.2) is 0 Å². The van der Waals surface area contributed by atoms with Gasteiger partial charge < -0.3 is 10.2 Å². The highest BCUT2D eigenvalue weighted by molar-refractivity contribution is 4.93. The van der Waals surface area contributed by atoms with Crippen LogP contribution in [-0.2, 0) is 0 Å². The minimum Gasteiger partial charge on any atom is -0.329 e. The molecule has 17 heavy (non-hydrogen) atoms. The third-order valence-corrected chi connectivity index (χ3v) is 4.78. The van der Waals surface area contributed by atoms with E-state index in [1.54, 1.807) is 0 Å². The van der Waals surface area contributed by atoms with E-state index in [1.807, 2.05) is 4.90 Å². The second-order valence-corrected chi connectivity index (χ2v) is 5.89. The zero-order valence-electron chi connectivity index (χ0n) is 11.3. The van der Waals surface area contributed by atoms with Crippen molar-refractivity contribution >= 4 is 0 Å². The Bertz CT molecular complexity index is 219. The van der Waals surface area contributed by atoms with Gasteiger partial charge in [0, 0.05) is 19.3 Å². The summed E-state index contributed by atoms with van der Waals surface area (Å²) in [7, 11) is 0. The number of hydrogen-bond donors (Lipinski definition) is 2. The maximum absolute atomic E-state index is 3.82. The first-order valence-electron chi connectivity index (χ1n) is 7.54. The summed E-state index contributed by atoms with van der Waals surface area (Å²) >= 11 is 0. The molecule has 3 heterocycles. The Kier molecular flexibility index (Phi) is 5.05. The van der Waals surface area contributed by atoms with Gasteiger partial charge in [0.25, 0.3) is 0 Å². The van der Waals surface area contributed by atoms with E-state index in [2.05, 4.69) is 18.0 Å². The van der Waals surface area contributed by atoms with Crippen LogP contribution in [0, 0.1) is 0 Å². The van der Waals surface area contributed by atoms with Crippen LogP contribution in [-0.4, -0.2) is 31.7 Å². The maximum atomic E-state index is 3.82. The Balaban J connectivity index is 0.000000136. The second kappa shape index (κ2) is 6.55. The largest absolute Gasteiger partial charge is 0.329 e. The lowest BCUT2D eigenvalue weighted by molar-refractivity contribution is -0.983. The molecule has 2 heteroatoms. The zero-order valence-corrected chi connectivity index (χ0v) is 11.3. The molecular formula is C15H29N2+. The number of hydrogen-bond acceptors (Lipinski definition) is 1. The summed E-state index contributed by atoms with van der Waals surface area (Å²) < 4.78 is 0. The van der Waals surface area contributed by atoms with Crippen LogP contribution in [0.5, 0.6) is 0 Å². The van der Waals surface area contributed by atoms with Gasteiger partial charge in [0.05, 0.1) is 19.5 Å². The molecule has 3 saturated heterocycles. The van der Waals surface area contributed by atoms with Crippen molar-refractivity contribution in [2.24, 2.45) is 0 Å². The lowest BCUT2D eigenvalue weighted by Gasteiger charge is -2.43. The van der Waals surface area contributed by atoms with Crippen molar-refractivity contribution in [1.82, 2.24) is 5.32 Å². The second-order valence-electron chi connectivity index (χ2n) is 5.89. The van der Waals surface area contributed by atoms with Crippen molar-refractivity contribution in [3.63, 3.8) is 0 Å². The highest BCUT2D eigenvalue weighted by atomic mass is 15.3. The molecule has 0 amide bonds. The molecule has 2 nitrogen and oxygen atoms in total. The molecule has 0 aromatic heterocycles.